The van der Waals surface area contributed by atoms with Gasteiger partial charge in [-0.3, -0.25) is 0 Å². The molecule has 0 bridgehead atoms. The number of nitrogens with zero attached hydrogens (tertiary/aromatic N) is 1. The average Bonchev–Trinajstić information content (AvgIpc) is 2.71. The third kappa shape index (κ3) is 1.90. The quantitative estimate of drug-likeness (QED) is 0.745. The molecule has 2 heterocycles. The highest BCUT2D eigenvalue weighted by Gasteiger charge is 2.31. The highest BCUT2D eigenvalue weighted by Crippen LogP contribution is 2.24. The van der Waals surface area contributed by atoms with Crippen LogP contribution in [0.25, 0.3) is 11.0 Å². The second-order valence-corrected chi connectivity index (χ2v) is 6.28. The van der Waals surface area contributed by atoms with E-state index in [9.17, 15) is 8.42 Å². The van der Waals surface area contributed by atoms with Gasteiger partial charge in [0.2, 0.25) is 10.0 Å². The summed E-state index contributed by atoms with van der Waals surface area (Å²) < 4.78 is 27.1. The molecule has 96 valence electrons. The minimum absolute atomic E-state index is 0.0494. The fraction of sp³-hybridized carbons (Fsp3) is 0.364. The Hall–Kier alpha value is -1.44. The minimum Gasteiger partial charge on any atom is -0.345 e. The summed E-state index contributed by atoms with van der Waals surface area (Å²) in [6.45, 7) is 0. The molecule has 0 saturated heterocycles. The molecule has 18 heavy (non-hydrogen) atoms. The molecule has 2 aromatic rings. The fourth-order valence-corrected chi connectivity index (χ4v) is 3.62. The zero-order valence-corrected chi connectivity index (χ0v) is 10.4. The zero-order valence-electron chi connectivity index (χ0n) is 9.63. The maximum absolute atomic E-state index is 12.2. The van der Waals surface area contributed by atoms with Crippen molar-refractivity contribution in [2.45, 2.75) is 29.8 Å². The molecule has 0 spiro atoms. The molecule has 1 aliphatic rings. The summed E-state index contributed by atoms with van der Waals surface area (Å²) in [6.07, 6.45) is 4.48. The molecule has 6 nitrogen and oxygen atoms in total. The molecule has 1 fully saturated rings. The van der Waals surface area contributed by atoms with Gasteiger partial charge in [-0.1, -0.05) is 0 Å². The monoisotopic (exact) mass is 266 g/mol. The smallest absolute Gasteiger partial charge is 0.243 e. The topological polar surface area (TPSA) is 101 Å². The van der Waals surface area contributed by atoms with Crippen LogP contribution in [0, 0.1) is 0 Å². The number of pyridine rings is 1. The Morgan fingerprint density at radius 1 is 1.44 bits per heavy atom. The lowest BCUT2D eigenvalue weighted by molar-refractivity contribution is 0.327. The predicted octanol–water partition coefficient (Wildman–Crippen LogP) is 0.331. The van der Waals surface area contributed by atoms with Crippen molar-refractivity contribution in [2.24, 2.45) is 5.73 Å². The Morgan fingerprint density at radius 3 is 2.94 bits per heavy atom. The van der Waals surface area contributed by atoms with Gasteiger partial charge in [0.05, 0.1) is 0 Å². The van der Waals surface area contributed by atoms with Crippen LogP contribution in [0.5, 0.6) is 0 Å². The molecule has 0 amide bonds. The summed E-state index contributed by atoms with van der Waals surface area (Å²) in [4.78, 5) is 7.17. The third-order valence-electron chi connectivity index (χ3n) is 3.20. The van der Waals surface area contributed by atoms with Crippen molar-refractivity contribution in [3.8, 4) is 0 Å². The number of aromatic amines is 1. The van der Waals surface area contributed by atoms with Crippen LogP contribution in [0.15, 0.2) is 29.4 Å². The normalized spacial score (nSPS) is 24.1. The van der Waals surface area contributed by atoms with Crippen LogP contribution in [0.2, 0.25) is 0 Å². The van der Waals surface area contributed by atoms with Gasteiger partial charge < -0.3 is 10.7 Å². The third-order valence-corrected chi connectivity index (χ3v) is 4.76. The first kappa shape index (κ1) is 11.6. The van der Waals surface area contributed by atoms with Gasteiger partial charge in [-0.2, -0.15) is 0 Å². The second kappa shape index (κ2) is 4.04. The van der Waals surface area contributed by atoms with E-state index in [4.69, 9.17) is 5.73 Å². The maximum Gasteiger partial charge on any atom is 0.243 e. The summed E-state index contributed by atoms with van der Waals surface area (Å²) in [5, 5.41) is 0.605. The highest BCUT2D eigenvalue weighted by molar-refractivity contribution is 7.89. The lowest BCUT2D eigenvalue weighted by Crippen LogP contribution is -2.50. The zero-order chi connectivity index (χ0) is 12.8. The Labute approximate surface area is 105 Å². The van der Waals surface area contributed by atoms with Crippen molar-refractivity contribution in [1.82, 2.24) is 14.7 Å². The lowest BCUT2D eigenvalue weighted by atomic mass is 9.89. The molecule has 0 radical (unpaired) electrons. The Kier molecular flexibility index (Phi) is 2.61. The van der Waals surface area contributed by atoms with Crippen molar-refractivity contribution in [3.05, 3.63) is 24.5 Å². The number of sulfonamides is 1. The van der Waals surface area contributed by atoms with Crippen LogP contribution in [-0.4, -0.2) is 30.5 Å². The molecule has 1 saturated carbocycles. The van der Waals surface area contributed by atoms with E-state index in [-0.39, 0.29) is 17.0 Å². The first-order valence-corrected chi connectivity index (χ1v) is 7.24. The van der Waals surface area contributed by atoms with Crippen LogP contribution < -0.4 is 10.5 Å². The summed E-state index contributed by atoms with van der Waals surface area (Å²) in [5.41, 5.74) is 6.22. The number of H-pyrrole nitrogens is 1. The van der Waals surface area contributed by atoms with Gasteiger partial charge in [0, 0.05) is 29.9 Å². The number of nitrogens with two attached hydrogens (primary N) is 1. The first-order chi connectivity index (χ1) is 8.56. The van der Waals surface area contributed by atoms with Crippen molar-refractivity contribution in [2.75, 3.05) is 0 Å². The van der Waals surface area contributed by atoms with E-state index in [1.54, 1.807) is 18.3 Å². The Bertz CT molecular complexity index is 673. The largest absolute Gasteiger partial charge is 0.345 e. The molecule has 7 heteroatoms. The van der Waals surface area contributed by atoms with Crippen molar-refractivity contribution >= 4 is 21.1 Å². The SMILES string of the molecule is NC1CC(NS(=O)(=O)c2c[nH]c3ncccc23)C1. The molecule has 0 unspecified atom stereocenters. The van der Waals surface area contributed by atoms with E-state index in [1.807, 2.05) is 0 Å². The van der Waals surface area contributed by atoms with Gasteiger partial charge in [-0.05, 0) is 25.0 Å². The molecule has 0 atom stereocenters. The first-order valence-electron chi connectivity index (χ1n) is 5.76. The number of hydrogen-bond donors (Lipinski definition) is 3. The van der Waals surface area contributed by atoms with Crippen LogP contribution in [0.3, 0.4) is 0 Å². The second-order valence-electron chi connectivity index (χ2n) is 4.60. The van der Waals surface area contributed by atoms with Crippen LogP contribution in [0.4, 0.5) is 0 Å². The standard InChI is InChI=1S/C11H14N4O2S/c12-7-4-8(5-7)15-18(16,17)10-6-14-11-9(10)2-1-3-13-11/h1-3,6-8,15H,4-5,12H2,(H,13,14). The van der Waals surface area contributed by atoms with E-state index >= 15 is 0 Å². The van der Waals surface area contributed by atoms with Crippen LogP contribution >= 0.6 is 0 Å². The van der Waals surface area contributed by atoms with E-state index in [2.05, 4.69) is 14.7 Å². The molecule has 2 aromatic heterocycles. The van der Waals surface area contributed by atoms with E-state index in [1.165, 1.54) is 6.20 Å². The van der Waals surface area contributed by atoms with Gasteiger partial charge >= 0.3 is 0 Å². The average molecular weight is 266 g/mol. The Morgan fingerprint density at radius 2 is 2.22 bits per heavy atom. The summed E-state index contributed by atoms with van der Waals surface area (Å²) in [5.74, 6) is 0. The Balaban J connectivity index is 1.93. The number of fused-ring (bicyclic) bond motifs is 1. The van der Waals surface area contributed by atoms with Gasteiger partial charge in [-0.15, -0.1) is 0 Å². The van der Waals surface area contributed by atoms with Crippen LogP contribution in [-0.2, 0) is 10.0 Å². The molecular weight excluding hydrogens is 252 g/mol. The van der Waals surface area contributed by atoms with Crippen molar-refractivity contribution in [3.63, 3.8) is 0 Å². The van der Waals surface area contributed by atoms with Crippen molar-refractivity contribution < 1.29 is 8.42 Å². The molecule has 3 rings (SSSR count). The summed E-state index contributed by atoms with van der Waals surface area (Å²) in [6, 6.07) is 3.52. The molecule has 4 N–H and O–H groups in total. The predicted molar refractivity (Wildman–Crippen MR) is 67.4 cm³/mol. The maximum atomic E-state index is 12.2. The van der Waals surface area contributed by atoms with E-state index in [0.717, 1.165) is 0 Å². The molecule has 0 aliphatic heterocycles. The van der Waals surface area contributed by atoms with E-state index < -0.39 is 10.0 Å². The number of aromatic nitrogens is 2. The fourth-order valence-electron chi connectivity index (χ4n) is 2.19. The van der Waals surface area contributed by atoms with Gasteiger partial charge in [0.1, 0.15) is 10.5 Å². The lowest BCUT2D eigenvalue weighted by Gasteiger charge is -2.32. The van der Waals surface area contributed by atoms with Gasteiger partial charge in [0.25, 0.3) is 0 Å². The van der Waals surface area contributed by atoms with E-state index in [0.29, 0.717) is 23.9 Å². The summed E-state index contributed by atoms with van der Waals surface area (Å²) >= 11 is 0. The number of hydrogen-bond acceptors (Lipinski definition) is 4. The molecule has 1 aliphatic carbocycles. The van der Waals surface area contributed by atoms with Crippen molar-refractivity contribution in [1.29, 1.82) is 0 Å². The summed E-state index contributed by atoms with van der Waals surface area (Å²) in [7, 11) is -3.50. The number of nitrogens with one attached hydrogen (secondary N) is 2. The minimum atomic E-state index is -3.50. The van der Waals surface area contributed by atoms with Crippen LogP contribution in [0.1, 0.15) is 12.8 Å². The number of rotatable bonds is 3. The highest BCUT2D eigenvalue weighted by atomic mass is 32.2. The molecular formula is C11H14N4O2S. The molecule has 0 aromatic carbocycles. The van der Waals surface area contributed by atoms with Gasteiger partial charge in [0.15, 0.2) is 0 Å². The van der Waals surface area contributed by atoms with Gasteiger partial charge in [-0.25, -0.2) is 18.1 Å².